The normalized spacial score (nSPS) is 22.8. The van der Waals surface area contributed by atoms with E-state index in [0.29, 0.717) is 17.4 Å². The largest absolute Gasteiger partial charge is 0.492 e. The van der Waals surface area contributed by atoms with Crippen LogP contribution in [-0.2, 0) is 10.0 Å². The predicted octanol–water partition coefficient (Wildman–Crippen LogP) is 1.37. The third-order valence-electron chi connectivity index (χ3n) is 3.22. The second-order valence-corrected chi connectivity index (χ2v) is 7.00. The molecule has 19 heavy (non-hydrogen) atoms. The number of rotatable bonds is 6. The van der Waals surface area contributed by atoms with Crippen LogP contribution in [0, 0.1) is 5.92 Å². The molecule has 1 aliphatic carbocycles. The van der Waals surface area contributed by atoms with Crippen LogP contribution in [0.25, 0.3) is 0 Å². The van der Waals surface area contributed by atoms with Crippen molar-refractivity contribution in [1.29, 1.82) is 0 Å². The minimum absolute atomic E-state index is 0.0255. The Labute approximate surface area is 114 Å². The fourth-order valence-corrected chi connectivity index (χ4v) is 3.27. The zero-order chi connectivity index (χ0) is 13.9. The summed E-state index contributed by atoms with van der Waals surface area (Å²) < 4.78 is 31.6. The SMILES string of the molecule is CC1CC(NS(=O)(=O)CCOc2ccc(N)cc2)C1. The van der Waals surface area contributed by atoms with Gasteiger partial charge in [-0.15, -0.1) is 0 Å². The van der Waals surface area contributed by atoms with Crippen LogP contribution in [0.2, 0.25) is 0 Å². The van der Waals surface area contributed by atoms with E-state index in [-0.39, 0.29) is 18.4 Å². The highest BCUT2D eigenvalue weighted by Crippen LogP contribution is 2.26. The van der Waals surface area contributed by atoms with Gasteiger partial charge in [0.1, 0.15) is 12.4 Å². The summed E-state index contributed by atoms with van der Waals surface area (Å²) in [4.78, 5) is 0. The lowest BCUT2D eigenvalue weighted by atomic mass is 9.83. The van der Waals surface area contributed by atoms with Gasteiger partial charge in [0.2, 0.25) is 10.0 Å². The first-order chi connectivity index (χ1) is 8.94. The number of hydrogen-bond acceptors (Lipinski definition) is 4. The molecular weight excluding hydrogens is 264 g/mol. The standard InChI is InChI=1S/C13H20N2O3S/c1-10-8-12(9-10)15-19(16,17)7-6-18-13-4-2-11(14)3-5-13/h2-5,10,12,15H,6-9,14H2,1H3. The molecule has 0 aliphatic heterocycles. The van der Waals surface area contributed by atoms with Crippen molar-refractivity contribution in [3.8, 4) is 5.75 Å². The molecule has 0 saturated heterocycles. The first-order valence-electron chi connectivity index (χ1n) is 6.43. The quantitative estimate of drug-likeness (QED) is 0.773. The number of ether oxygens (including phenoxy) is 1. The molecule has 1 fully saturated rings. The van der Waals surface area contributed by atoms with Crippen LogP contribution >= 0.6 is 0 Å². The Morgan fingerprint density at radius 1 is 1.32 bits per heavy atom. The molecule has 1 aliphatic rings. The van der Waals surface area contributed by atoms with E-state index in [1.165, 1.54) is 0 Å². The van der Waals surface area contributed by atoms with Crippen LogP contribution in [0.1, 0.15) is 19.8 Å². The zero-order valence-corrected chi connectivity index (χ0v) is 11.8. The Bertz CT molecular complexity index is 507. The smallest absolute Gasteiger partial charge is 0.215 e. The lowest BCUT2D eigenvalue weighted by Crippen LogP contribution is -2.44. The van der Waals surface area contributed by atoms with Crippen molar-refractivity contribution in [3.05, 3.63) is 24.3 Å². The van der Waals surface area contributed by atoms with Gasteiger partial charge in [0.05, 0.1) is 5.75 Å². The highest BCUT2D eigenvalue weighted by molar-refractivity contribution is 7.89. The van der Waals surface area contributed by atoms with Gasteiger partial charge in [0.25, 0.3) is 0 Å². The van der Waals surface area contributed by atoms with E-state index in [2.05, 4.69) is 11.6 Å². The fourth-order valence-electron chi connectivity index (χ4n) is 2.14. The first kappa shape index (κ1) is 14.1. The van der Waals surface area contributed by atoms with Crippen molar-refractivity contribution in [2.24, 2.45) is 5.92 Å². The van der Waals surface area contributed by atoms with Crippen LogP contribution < -0.4 is 15.2 Å². The fraction of sp³-hybridized carbons (Fsp3) is 0.538. The minimum atomic E-state index is -3.24. The number of nitrogens with two attached hydrogens (primary N) is 1. The molecular formula is C13H20N2O3S. The molecule has 3 N–H and O–H groups in total. The Hall–Kier alpha value is -1.27. The van der Waals surface area contributed by atoms with Crippen molar-refractivity contribution in [2.75, 3.05) is 18.1 Å². The molecule has 0 unspecified atom stereocenters. The monoisotopic (exact) mass is 284 g/mol. The Morgan fingerprint density at radius 3 is 2.53 bits per heavy atom. The maximum Gasteiger partial charge on any atom is 0.215 e. The number of anilines is 1. The van der Waals surface area contributed by atoms with Gasteiger partial charge in [0, 0.05) is 11.7 Å². The lowest BCUT2D eigenvalue weighted by molar-refractivity contribution is 0.269. The summed E-state index contributed by atoms with van der Waals surface area (Å²) in [6.45, 7) is 2.26. The topological polar surface area (TPSA) is 81.4 Å². The maximum atomic E-state index is 11.8. The predicted molar refractivity (Wildman–Crippen MR) is 75.5 cm³/mol. The number of hydrogen-bond donors (Lipinski definition) is 2. The second-order valence-electron chi connectivity index (χ2n) is 5.13. The van der Waals surface area contributed by atoms with Gasteiger partial charge in [0.15, 0.2) is 0 Å². The average molecular weight is 284 g/mol. The molecule has 1 saturated carbocycles. The van der Waals surface area contributed by atoms with Crippen LogP contribution in [0.3, 0.4) is 0 Å². The molecule has 5 nitrogen and oxygen atoms in total. The van der Waals surface area contributed by atoms with Crippen LogP contribution in [-0.4, -0.2) is 26.8 Å². The molecule has 1 aromatic rings. The highest BCUT2D eigenvalue weighted by atomic mass is 32.2. The molecule has 0 aromatic heterocycles. The van der Waals surface area contributed by atoms with Gasteiger partial charge < -0.3 is 10.5 Å². The third-order valence-corrected chi connectivity index (χ3v) is 4.62. The maximum absolute atomic E-state index is 11.8. The van der Waals surface area contributed by atoms with Gasteiger partial charge in [-0.25, -0.2) is 13.1 Å². The van der Waals surface area contributed by atoms with Crippen LogP contribution in [0.15, 0.2) is 24.3 Å². The van der Waals surface area contributed by atoms with Crippen molar-refractivity contribution in [1.82, 2.24) is 4.72 Å². The average Bonchev–Trinajstić information content (AvgIpc) is 2.29. The first-order valence-corrected chi connectivity index (χ1v) is 8.08. The van der Waals surface area contributed by atoms with E-state index in [9.17, 15) is 8.42 Å². The Balaban J connectivity index is 1.73. The van der Waals surface area contributed by atoms with Crippen molar-refractivity contribution < 1.29 is 13.2 Å². The highest BCUT2D eigenvalue weighted by Gasteiger charge is 2.28. The Morgan fingerprint density at radius 2 is 1.95 bits per heavy atom. The molecule has 0 bridgehead atoms. The van der Waals surface area contributed by atoms with Crippen molar-refractivity contribution in [2.45, 2.75) is 25.8 Å². The molecule has 106 valence electrons. The Kier molecular flexibility index (Phi) is 4.31. The molecule has 0 heterocycles. The van der Waals surface area contributed by atoms with E-state index < -0.39 is 10.0 Å². The van der Waals surface area contributed by atoms with E-state index in [1.807, 2.05) is 0 Å². The van der Waals surface area contributed by atoms with Gasteiger partial charge >= 0.3 is 0 Å². The van der Waals surface area contributed by atoms with E-state index in [0.717, 1.165) is 12.8 Å². The summed E-state index contributed by atoms with van der Waals surface area (Å²) in [5, 5.41) is 0. The number of nitrogen functional groups attached to an aromatic ring is 1. The van der Waals surface area contributed by atoms with Crippen LogP contribution in [0.5, 0.6) is 5.75 Å². The second kappa shape index (κ2) is 5.79. The molecule has 1 aromatic carbocycles. The minimum Gasteiger partial charge on any atom is -0.492 e. The van der Waals surface area contributed by atoms with Gasteiger partial charge in [-0.2, -0.15) is 0 Å². The summed E-state index contributed by atoms with van der Waals surface area (Å²) >= 11 is 0. The summed E-state index contributed by atoms with van der Waals surface area (Å²) in [6.07, 6.45) is 1.86. The number of benzene rings is 1. The summed E-state index contributed by atoms with van der Waals surface area (Å²) in [5.41, 5.74) is 6.20. The third kappa shape index (κ3) is 4.40. The van der Waals surface area contributed by atoms with Crippen molar-refractivity contribution >= 4 is 15.7 Å². The number of sulfonamides is 1. The molecule has 0 radical (unpaired) electrons. The summed E-state index contributed by atoms with van der Waals surface area (Å²) in [6, 6.07) is 7.00. The molecule has 0 atom stereocenters. The van der Waals surface area contributed by atoms with Gasteiger partial charge in [-0.05, 0) is 43.0 Å². The molecule has 2 rings (SSSR count). The van der Waals surface area contributed by atoms with E-state index in [4.69, 9.17) is 10.5 Å². The number of nitrogens with one attached hydrogen (secondary N) is 1. The molecule has 0 amide bonds. The van der Waals surface area contributed by atoms with E-state index >= 15 is 0 Å². The van der Waals surface area contributed by atoms with Crippen molar-refractivity contribution in [3.63, 3.8) is 0 Å². The molecule has 0 spiro atoms. The molecule has 6 heteroatoms. The van der Waals surface area contributed by atoms with Gasteiger partial charge in [-0.3, -0.25) is 0 Å². The summed E-state index contributed by atoms with van der Waals surface area (Å²) in [7, 11) is -3.24. The lowest BCUT2D eigenvalue weighted by Gasteiger charge is -2.32. The van der Waals surface area contributed by atoms with Gasteiger partial charge in [-0.1, -0.05) is 6.92 Å². The van der Waals surface area contributed by atoms with E-state index in [1.54, 1.807) is 24.3 Å². The summed E-state index contributed by atoms with van der Waals surface area (Å²) in [5.74, 6) is 1.22. The zero-order valence-electron chi connectivity index (χ0n) is 11.0. The van der Waals surface area contributed by atoms with Crippen LogP contribution in [0.4, 0.5) is 5.69 Å².